The first kappa shape index (κ1) is 18.4. The van der Waals surface area contributed by atoms with E-state index in [1.54, 1.807) is 0 Å². The minimum absolute atomic E-state index is 0.00419. The van der Waals surface area contributed by atoms with Crippen LogP contribution >= 0.6 is 11.6 Å². The summed E-state index contributed by atoms with van der Waals surface area (Å²) in [4.78, 5) is 15.0. The number of benzene rings is 1. The maximum absolute atomic E-state index is 13.0. The summed E-state index contributed by atoms with van der Waals surface area (Å²) < 4.78 is 1.99. The molecule has 0 radical (unpaired) electrons. The Balaban J connectivity index is 1.44. The maximum atomic E-state index is 13.0. The van der Waals surface area contributed by atoms with Crippen molar-refractivity contribution >= 4 is 17.6 Å². The van der Waals surface area contributed by atoms with E-state index >= 15 is 0 Å². The second-order valence-electron chi connectivity index (χ2n) is 7.81. The lowest BCUT2D eigenvalue weighted by molar-refractivity contribution is 0.169. The standard InChI is InChI=1S/C21H27ClN4O/c1-25-20(16-8-9-16)12-18(24-25)14-26(19-4-2-3-5-19)21(27)23-13-15-6-10-17(22)11-7-15/h6-7,10-12,16,19H,2-5,8-9,13-14H2,1H3,(H,23,27). The van der Waals surface area contributed by atoms with Crippen LogP contribution in [0.5, 0.6) is 0 Å². The van der Waals surface area contributed by atoms with Gasteiger partial charge in [0.1, 0.15) is 0 Å². The zero-order valence-electron chi connectivity index (χ0n) is 15.8. The normalized spacial score (nSPS) is 17.3. The van der Waals surface area contributed by atoms with E-state index in [1.807, 2.05) is 40.9 Å². The molecule has 0 saturated heterocycles. The molecule has 6 heteroatoms. The number of aryl methyl sites for hydroxylation is 1. The van der Waals surface area contributed by atoms with Crippen molar-refractivity contribution in [3.63, 3.8) is 0 Å². The van der Waals surface area contributed by atoms with Gasteiger partial charge in [0, 0.05) is 36.3 Å². The lowest BCUT2D eigenvalue weighted by Crippen LogP contribution is -2.44. The molecule has 0 spiro atoms. The molecule has 0 aliphatic heterocycles. The smallest absolute Gasteiger partial charge is 0.318 e. The van der Waals surface area contributed by atoms with Crippen LogP contribution in [0.3, 0.4) is 0 Å². The van der Waals surface area contributed by atoms with Crippen LogP contribution in [0, 0.1) is 0 Å². The summed E-state index contributed by atoms with van der Waals surface area (Å²) >= 11 is 5.94. The molecular formula is C21H27ClN4O. The Hall–Kier alpha value is -2.01. The van der Waals surface area contributed by atoms with Gasteiger partial charge < -0.3 is 10.2 Å². The van der Waals surface area contributed by atoms with Crippen LogP contribution in [-0.4, -0.2) is 26.8 Å². The Labute approximate surface area is 165 Å². The number of carbonyl (C=O) groups is 1. The Morgan fingerprint density at radius 3 is 2.59 bits per heavy atom. The zero-order chi connectivity index (χ0) is 18.8. The monoisotopic (exact) mass is 386 g/mol. The lowest BCUT2D eigenvalue weighted by Gasteiger charge is -2.28. The molecule has 0 unspecified atom stereocenters. The van der Waals surface area contributed by atoms with Crippen molar-refractivity contribution in [1.29, 1.82) is 0 Å². The van der Waals surface area contributed by atoms with Crippen molar-refractivity contribution in [2.45, 2.75) is 63.6 Å². The summed E-state index contributed by atoms with van der Waals surface area (Å²) in [6, 6.07) is 10.1. The van der Waals surface area contributed by atoms with Gasteiger partial charge in [0.15, 0.2) is 0 Å². The molecule has 2 saturated carbocycles. The molecule has 1 N–H and O–H groups in total. The molecule has 1 aromatic heterocycles. The highest BCUT2D eigenvalue weighted by Crippen LogP contribution is 2.40. The van der Waals surface area contributed by atoms with Crippen LogP contribution in [0.2, 0.25) is 5.02 Å². The number of nitrogens with one attached hydrogen (secondary N) is 1. The predicted molar refractivity (Wildman–Crippen MR) is 107 cm³/mol. The number of nitrogens with zero attached hydrogens (tertiary/aromatic N) is 3. The van der Waals surface area contributed by atoms with E-state index in [4.69, 9.17) is 11.6 Å². The number of hydrogen-bond donors (Lipinski definition) is 1. The van der Waals surface area contributed by atoms with Crippen molar-refractivity contribution in [2.24, 2.45) is 7.05 Å². The number of rotatable bonds is 6. The molecule has 2 amide bonds. The van der Waals surface area contributed by atoms with Gasteiger partial charge in [-0.15, -0.1) is 0 Å². The van der Waals surface area contributed by atoms with E-state index in [9.17, 15) is 4.79 Å². The largest absolute Gasteiger partial charge is 0.334 e. The van der Waals surface area contributed by atoms with E-state index in [1.165, 1.54) is 31.4 Å². The number of urea groups is 1. The molecule has 1 heterocycles. The summed E-state index contributed by atoms with van der Waals surface area (Å²) in [6.07, 6.45) is 7.06. The summed E-state index contributed by atoms with van der Waals surface area (Å²) in [6.45, 7) is 1.09. The molecule has 27 heavy (non-hydrogen) atoms. The fraction of sp³-hybridized carbons (Fsp3) is 0.524. The third-order valence-corrected chi connectivity index (χ3v) is 5.93. The Morgan fingerprint density at radius 2 is 1.93 bits per heavy atom. The Kier molecular flexibility index (Phi) is 5.39. The molecule has 4 rings (SSSR count). The van der Waals surface area contributed by atoms with Gasteiger partial charge in [0.2, 0.25) is 0 Å². The number of amides is 2. The third kappa shape index (κ3) is 4.46. The van der Waals surface area contributed by atoms with Gasteiger partial charge in [-0.1, -0.05) is 36.6 Å². The van der Waals surface area contributed by atoms with Gasteiger partial charge >= 0.3 is 6.03 Å². The van der Waals surface area contributed by atoms with Crippen LogP contribution in [0.15, 0.2) is 30.3 Å². The van der Waals surface area contributed by atoms with Crippen molar-refractivity contribution in [2.75, 3.05) is 0 Å². The van der Waals surface area contributed by atoms with Crippen LogP contribution in [0.4, 0.5) is 4.79 Å². The number of aromatic nitrogens is 2. The highest BCUT2D eigenvalue weighted by atomic mass is 35.5. The quantitative estimate of drug-likeness (QED) is 0.788. The van der Waals surface area contributed by atoms with Gasteiger partial charge in [-0.05, 0) is 49.4 Å². The summed E-state index contributed by atoms with van der Waals surface area (Å²) in [5.74, 6) is 0.662. The van der Waals surface area contributed by atoms with Gasteiger partial charge in [-0.3, -0.25) is 4.68 Å². The van der Waals surface area contributed by atoms with Crippen molar-refractivity contribution in [3.05, 3.63) is 52.3 Å². The fourth-order valence-electron chi connectivity index (χ4n) is 4.02. The van der Waals surface area contributed by atoms with Gasteiger partial charge in [-0.2, -0.15) is 5.10 Å². The SMILES string of the molecule is Cn1nc(CN(C(=O)NCc2ccc(Cl)cc2)C2CCCC2)cc1C1CC1. The van der Waals surface area contributed by atoms with Crippen LogP contribution in [0.1, 0.15) is 61.4 Å². The molecule has 2 aromatic rings. The predicted octanol–water partition coefficient (Wildman–Crippen LogP) is 4.61. The van der Waals surface area contributed by atoms with Gasteiger partial charge in [0.05, 0.1) is 12.2 Å². The maximum Gasteiger partial charge on any atom is 0.318 e. The minimum Gasteiger partial charge on any atom is -0.334 e. The first-order chi connectivity index (χ1) is 13.1. The molecule has 5 nitrogen and oxygen atoms in total. The average molecular weight is 387 g/mol. The Morgan fingerprint density at radius 1 is 1.22 bits per heavy atom. The van der Waals surface area contributed by atoms with Crippen molar-refractivity contribution in [1.82, 2.24) is 20.0 Å². The van der Waals surface area contributed by atoms with E-state index < -0.39 is 0 Å². The van der Waals surface area contributed by atoms with Gasteiger partial charge in [0.25, 0.3) is 0 Å². The van der Waals surface area contributed by atoms with Crippen molar-refractivity contribution < 1.29 is 4.79 Å². The molecular weight excluding hydrogens is 360 g/mol. The second-order valence-corrected chi connectivity index (χ2v) is 8.25. The molecule has 144 valence electrons. The highest BCUT2D eigenvalue weighted by Gasteiger charge is 2.30. The van der Waals surface area contributed by atoms with E-state index in [-0.39, 0.29) is 6.03 Å². The number of halogens is 1. The Bertz CT molecular complexity index is 791. The third-order valence-electron chi connectivity index (χ3n) is 5.68. The van der Waals surface area contributed by atoms with Crippen LogP contribution in [-0.2, 0) is 20.1 Å². The first-order valence-corrected chi connectivity index (χ1v) is 10.3. The highest BCUT2D eigenvalue weighted by molar-refractivity contribution is 6.30. The first-order valence-electron chi connectivity index (χ1n) is 9.92. The lowest BCUT2D eigenvalue weighted by atomic mass is 10.2. The van der Waals surface area contributed by atoms with E-state index in [2.05, 4.69) is 16.5 Å². The summed E-state index contributed by atoms with van der Waals surface area (Å²) in [5, 5.41) is 8.46. The zero-order valence-corrected chi connectivity index (χ0v) is 16.6. The molecule has 2 aliphatic carbocycles. The summed E-state index contributed by atoms with van der Waals surface area (Å²) in [5.41, 5.74) is 3.35. The van der Waals surface area contributed by atoms with E-state index in [0.29, 0.717) is 30.1 Å². The van der Waals surface area contributed by atoms with Crippen LogP contribution in [0.25, 0.3) is 0 Å². The molecule has 2 aliphatic rings. The number of hydrogen-bond acceptors (Lipinski definition) is 2. The molecule has 0 atom stereocenters. The topological polar surface area (TPSA) is 50.2 Å². The fourth-order valence-corrected chi connectivity index (χ4v) is 4.15. The second kappa shape index (κ2) is 7.93. The summed E-state index contributed by atoms with van der Waals surface area (Å²) in [7, 11) is 2.01. The molecule has 2 fully saturated rings. The minimum atomic E-state index is -0.00419. The number of carbonyl (C=O) groups excluding carboxylic acids is 1. The van der Waals surface area contributed by atoms with E-state index in [0.717, 1.165) is 24.1 Å². The average Bonchev–Trinajstić information content (AvgIpc) is 3.22. The molecule has 0 bridgehead atoms. The van der Waals surface area contributed by atoms with Crippen molar-refractivity contribution in [3.8, 4) is 0 Å². The van der Waals surface area contributed by atoms with Gasteiger partial charge in [-0.25, -0.2) is 4.79 Å². The van der Waals surface area contributed by atoms with Crippen LogP contribution < -0.4 is 5.32 Å². The molecule has 1 aromatic carbocycles.